The third-order valence-corrected chi connectivity index (χ3v) is 4.02. The molecule has 0 bridgehead atoms. The minimum absolute atomic E-state index is 0.0357. The molecule has 0 fully saturated rings. The van der Waals surface area contributed by atoms with E-state index in [1.807, 2.05) is 6.07 Å². The van der Waals surface area contributed by atoms with Gasteiger partial charge in [0.2, 0.25) is 0 Å². The number of Topliss-reactive ketones (excluding diaryl/α,β-unsaturated/α-hetero) is 1. The van der Waals surface area contributed by atoms with Gasteiger partial charge in [0, 0.05) is 28.8 Å². The van der Waals surface area contributed by atoms with Crippen molar-refractivity contribution in [3.63, 3.8) is 0 Å². The number of benzene rings is 2. The van der Waals surface area contributed by atoms with Gasteiger partial charge in [-0.05, 0) is 49.4 Å². The van der Waals surface area contributed by atoms with Crippen molar-refractivity contribution in [1.29, 1.82) is 0 Å². The summed E-state index contributed by atoms with van der Waals surface area (Å²) in [6.45, 7) is 1.50. The number of hydrogen-bond donors (Lipinski definition) is 2. The maximum atomic E-state index is 13.2. The van der Waals surface area contributed by atoms with Gasteiger partial charge < -0.3 is 10.6 Å². The number of halogens is 2. The average molecular weight is 384 g/mol. The molecule has 3 rings (SSSR count). The molecule has 0 aliphatic rings. The molecular formula is C20H15ClFN3O2. The lowest BCUT2D eigenvalue weighted by Crippen LogP contribution is -2.14. The molecule has 0 atom stereocenters. The standard InChI is InChI=1S/C20H15ClFN3O2/c1-12(26)13-3-2-4-14(9-13)24-16-7-8-23-19(11-16)20(27)25-15-5-6-18(22)17(21)10-15/h2-11H,1H3,(H,23,24)(H,25,27). The maximum absolute atomic E-state index is 13.2. The number of amides is 1. The Kier molecular flexibility index (Phi) is 5.47. The Morgan fingerprint density at radius 1 is 1.00 bits per heavy atom. The molecule has 136 valence electrons. The first-order valence-electron chi connectivity index (χ1n) is 8.03. The molecular weight excluding hydrogens is 369 g/mol. The number of pyridine rings is 1. The van der Waals surface area contributed by atoms with Crippen molar-refractivity contribution in [2.24, 2.45) is 0 Å². The van der Waals surface area contributed by atoms with Crippen molar-refractivity contribution in [1.82, 2.24) is 4.98 Å². The van der Waals surface area contributed by atoms with Crippen LogP contribution in [0.3, 0.4) is 0 Å². The number of hydrogen-bond acceptors (Lipinski definition) is 4. The van der Waals surface area contributed by atoms with Crippen LogP contribution in [0.25, 0.3) is 0 Å². The van der Waals surface area contributed by atoms with Crippen LogP contribution < -0.4 is 10.6 Å². The second-order valence-corrected chi connectivity index (χ2v) is 6.18. The maximum Gasteiger partial charge on any atom is 0.274 e. The van der Waals surface area contributed by atoms with E-state index in [9.17, 15) is 14.0 Å². The van der Waals surface area contributed by atoms with Crippen molar-refractivity contribution in [2.45, 2.75) is 6.92 Å². The van der Waals surface area contributed by atoms with Crippen LogP contribution in [0.15, 0.2) is 60.8 Å². The van der Waals surface area contributed by atoms with Crippen LogP contribution in [0.4, 0.5) is 21.5 Å². The Labute approximate surface area is 160 Å². The van der Waals surface area contributed by atoms with E-state index in [0.29, 0.717) is 22.6 Å². The molecule has 0 saturated carbocycles. The number of nitrogens with one attached hydrogen (secondary N) is 2. The van der Waals surface area contributed by atoms with Crippen molar-refractivity contribution >= 4 is 40.4 Å². The van der Waals surface area contributed by atoms with Crippen LogP contribution in [0.2, 0.25) is 5.02 Å². The predicted octanol–water partition coefficient (Wildman–Crippen LogP) is 5.07. The zero-order valence-electron chi connectivity index (χ0n) is 14.3. The molecule has 0 saturated heterocycles. The molecule has 7 heteroatoms. The number of nitrogens with zero attached hydrogens (tertiary/aromatic N) is 1. The number of anilines is 3. The second kappa shape index (κ2) is 7.97. The van der Waals surface area contributed by atoms with Gasteiger partial charge in [-0.1, -0.05) is 23.7 Å². The highest BCUT2D eigenvalue weighted by Gasteiger charge is 2.10. The van der Waals surface area contributed by atoms with Gasteiger partial charge in [-0.15, -0.1) is 0 Å². The molecule has 2 N–H and O–H groups in total. The number of ketones is 1. The van der Waals surface area contributed by atoms with E-state index in [1.54, 1.807) is 30.3 Å². The van der Waals surface area contributed by atoms with Gasteiger partial charge in [0.1, 0.15) is 11.5 Å². The largest absolute Gasteiger partial charge is 0.355 e. The molecule has 0 radical (unpaired) electrons. The van der Waals surface area contributed by atoms with E-state index in [4.69, 9.17) is 11.6 Å². The molecule has 2 aromatic carbocycles. The Morgan fingerprint density at radius 3 is 2.52 bits per heavy atom. The highest BCUT2D eigenvalue weighted by atomic mass is 35.5. The number of rotatable bonds is 5. The summed E-state index contributed by atoms with van der Waals surface area (Å²) in [6, 6.07) is 14.2. The smallest absolute Gasteiger partial charge is 0.274 e. The van der Waals surface area contributed by atoms with Gasteiger partial charge in [0.05, 0.1) is 5.02 Å². The number of carbonyl (C=O) groups is 2. The molecule has 0 spiro atoms. The van der Waals surface area contributed by atoms with Crippen molar-refractivity contribution in [2.75, 3.05) is 10.6 Å². The summed E-state index contributed by atoms with van der Waals surface area (Å²) in [5.74, 6) is -1.06. The quantitative estimate of drug-likeness (QED) is 0.603. The van der Waals surface area contributed by atoms with Crippen LogP contribution in [0.1, 0.15) is 27.8 Å². The minimum atomic E-state index is -0.563. The van der Waals surface area contributed by atoms with E-state index >= 15 is 0 Å². The van der Waals surface area contributed by atoms with Crippen LogP contribution in [-0.4, -0.2) is 16.7 Å². The van der Waals surface area contributed by atoms with Gasteiger partial charge >= 0.3 is 0 Å². The topological polar surface area (TPSA) is 71.1 Å². The zero-order chi connectivity index (χ0) is 19.4. The number of carbonyl (C=O) groups excluding carboxylic acids is 2. The molecule has 27 heavy (non-hydrogen) atoms. The summed E-state index contributed by atoms with van der Waals surface area (Å²) in [7, 11) is 0. The average Bonchev–Trinajstić information content (AvgIpc) is 2.65. The fourth-order valence-electron chi connectivity index (χ4n) is 2.38. The monoisotopic (exact) mass is 383 g/mol. The van der Waals surface area contributed by atoms with E-state index in [2.05, 4.69) is 15.6 Å². The predicted molar refractivity (Wildman–Crippen MR) is 103 cm³/mol. The first-order valence-corrected chi connectivity index (χ1v) is 8.40. The molecule has 0 unspecified atom stereocenters. The van der Waals surface area contributed by atoms with Crippen molar-refractivity contribution in [3.05, 3.63) is 82.9 Å². The minimum Gasteiger partial charge on any atom is -0.355 e. The fraction of sp³-hybridized carbons (Fsp3) is 0.0500. The summed E-state index contributed by atoms with van der Waals surface area (Å²) in [4.78, 5) is 27.9. The van der Waals surface area contributed by atoms with Gasteiger partial charge in [-0.2, -0.15) is 0 Å². The summed E-state index contributed by atoms with van der Waals surface area (Å²) in [5, 5.41) is 5.67. The third-order valence-electron chi connectivity index (χ3n) is 3.73. The first-order chi connectivity index (χ1) is 12.9. The molecule has 3 aromatic rings. The molecule has 5 nitrogen and oxygen atoms in total. The van der Waals surface area contributed by atoms with Crippen molar-refractivity contribution < 1.29 is 14.0 Å². The Hall–Kier alpha value is -3.25. The normalized spacial score (nSPS) is 10.3. The summed E-state index contributed by atoms with van der Waals surface area (Å²) >= 11 is 5.72. The van der Waals surface area contributed by atoms with E-state index in [-0.39, 0.29) is 16.5 Å². The molecule has 1 heterocycles. The van der Waals surface area contributed by atoms with Crippen molar-refractivity contribution in [3.8, 4) is 0 Å². The molecule has 0 aliphatic carbocycles. The third kappa shape index (κ3) is 4.68. The lowest BCUT2D eigenvalue weighted by Gasteiger charge is -2.09. The summed E-state index contributed by atoms with van der Waals surface area (Å²) in [6.07, 6.45) is 1.49. The van der Waals surface area contributed by atoms with Gasteiger partial charge in [-0.25, -0.2) is 4.39 Å². The lowest BCUT2D eigenvalue weighted by molar-refractivity contribution is 0.101. The summed E-state index contributed by atoms with van der Waals surface area (Å²) in [5.41, 5.74) is 2.46. The molecule has 0 aliphatic heterocycles. The van der Waals surface area contributed by atoms with Crippen LogP contribution in [0.5, 0.6) is 0 Å². The lowest BCUT2D eigenvalue weighted by atomic mass is 10.1. The fourth-order valence-corrected chi connectivity index (χ4v) is 2.56. The SMILES string of the molecule is CC(=O)c1cccc(Nc2ccnc(C(=O)Nc3ccc(F)c(Cl)c3)c2)c1. The van der Waals surface area contributed by atoms with Gasteiger partial charge in [0.15, 0.2) is 5.78 Å². The first kappa shape index (κ1) is 18.5. The molecule has 1 amide bonds. The second-order valence-electron chi connectivity index (χ2n) is 5.77. The Balaban J connectivity index is 1.76. The van der Waals surface area contributed by atoms with E-state index in [1.165, 1.54) is 31.3 Å². The highest BCUT2D eigenvalue weighted by molar-refractivity contribution is 6.31. The van der Waals surface area contributed by atoms with Crippen LogP contribution >= 0.6 is 11.6 Å². The van der Waals surface area contributed by atoms with Crippen LogP contribution in [0, 0.1) is 5.82 Å². The summed E-state index contributed by atoms with van der Waals surface area (Å²) < 4.78 is 13.2. The van der Waals surface area contributed by atoms with Crippen LogP contribution in [-0.2, 0) is 0 Å². The van der Waals surface area contributed by atoms with E-state index in [0.717, 1.165) is 0 Å². The Bertz CT molecular complexity index is 1020. The highest BCUT2D eigenvalue weighted by Crippen LogP contribution is 2.21. The zero-order valence-corrected chi connectivity index (χ0v) is 15.0. The van der Waals surface area contributed by atoms with E-state index < -0.39 is 11.7 Å². The Morgan fingerprint density at radius 2 is 1.78 bits per heavy atom. The molecule has 1 aromatic heterocycles. The van der Waals surface area contributed by atoms with Gasteiger partial charge in [0.25, 0.3) is 5.91 Å². The number of aromatic nitrogens is 1. The van der Waals surface area contributed by atoms with Gasteiger partial charge in [-0.3, -0.25) is 14.6 Å².